The normalized spacial score (nSPS) is 33.5. The molecule has 4 atom stereocenters. The van der Waals surface area contributed by atoms with Crippen LogP contribution in [0.15, 0.2) is 12.7 Å². The molecule has 0 aliphatic carbocycles. The topological polar surface area (TPSA) is 129 Å². The summed E-state index contributed by atoms with van der Waals surface area (Å²) in [4.78, 5) is 24.6. The Hall–Kier alpha value is -2.30. The Morgan fingerprint density at radius 1 is 1.55 bits per heavy atom. The van der Waals surface area contributed by atoms with Gasteiger partial charge in [0.15, 0.2) is 23.4 Å². The van der Waals surface area contributed by atoms with Crippen molar-refractivity contribution in [3.8, 4) is 0 Å². The lowest BCUT2D eigenvalue weighted by Gasteiger charge is -2.36. The molecule has 2 aromatic rings. The van der Waals surface area contributed by atoms with E-state index in [0.717, 1.165) is 0 Å². The number of likely N-dealkylation sites (N-methyl/N-ethyl adjacent to an activating group) is 1. The van der Waals surface area contributed by atoms with Gasteiger partial charge >= 0.3 is 0 Å². The SMILES string of the molecule is CN(C=O)[C@]12CO[C@@H]([C@H](n3cnc4c(N)ncnc43)O1)[C@H]2O. The predicted octanol–water partition coefficient (Wildman–Crippen LogP) is -1.52. The van der Waals surface area contributed by atoms with Gasteiger partial charge in [-0.3, -0.25) is 9.36 Å². The number of amides is 1. The van der Waals surface area contributed by atoms with Crippen LogP contribution in [0.25, 0.3) is 11.2 Å². The van der Waals surface area contributed by atoms with Crippen LogP contribution in [0.3, 0.4) is 0 Å². The van der Waals surface area contributed by atoms with E-state index < -0.39 is 24.2 Å². The molecule has 0 aromatic carbocycles. The number of nitrogen functional groups attached to an aromatic ring is 1. The third-order valence-corrected chi connectivity index (χ3v) is 4.28. The Balaban J connectivity index is 1.78. The minimum atomic E-state index is -1.20. The number of aliphatic hydroxyl groups is 1. The highest BCUT2D eigenvalue weighted by Gasteiger charge is 2.64. The van der Waals surface area contributed by atoms with E-state index >= 15 is 0 Å². The fourth-order valence-corrected chi connectivity index (χ4v) is 3.02. The second-order valence-corrected chi connectivity index (χ2v) is 5.37. The first-order valence-electron chi connectivity index (χ1n) is 6.67. The summed E-state index contributed by atoms with van der Waals surface area (Å²) in [6, 6.07) is 0. The summed E-state index contributed by atoms with van der Waals surface area (Å²) >= 11 is 0. The Labute approximate surface area is 124 Å². The van der Waals surface area contributed by atoms with Crippen LogP contribution >= 0.6 is 0 Å². The number of rotatable bonds is 3. The predicted molar refractivity (Wildman–Crippen MR) is 72.2 cm³/mol. The number of aliphatic hydroxyl groups excluding tert-OH is 1. The number of imidazole rings is 1. The molecule has 2 aromatic heterocycles. The number of hydrogen-bond donors (Lipinski definition) is 2. The molecular weight excluding hydrogens is 292 g/mol. The molecule has 10 nitrogen and oxygen atoms in total. The van der Waals surface area contributed by atoms with Crippen LogP contribution in [0.4, 0.5) is 5.82 Å². The van der Waals surface area contributed by atoms with Crippen LogP contribution in [0, 0.1) is 0 Å². The summed E-state index contributed by atoms with van der Waals surface area (Å²) in [5.74, 6) is 0.257. The quantitative estimate of drug-likeness (QED) is 0.654. The molecule has 2 bridgehead atoms. The molecular formula is C12H14N6O4. The maximum Gasteiger partial charge on any atom is 0.211 e. The van der Waals surface area contributed by atoms with Crippen LogP contribution in [0.1, 0.15) is 6.23 Å². The van der Waals surface area contributed by atoms with E-state index in [0.29, 0.717) is 17.6 Å². The van der Waals surface area contributed by atoms with Crippen molar-refractivity contribution in [2.75, 3.05) is 19.4 Å². The van der Waals surface area contributed by atoms with Gasteiger partial charge in [0.1, 0.15) is 24.1 Å². The number of nitrogens with two attached hydrogens (primary N) is 1. The minimum Gasteiger partial charge on any atom is -0.385 e. The van der Waals surface area contributed by atoms with E-state index in [2.05, 4.69) is 15.0 Å². The number of hydrogen-bond acceptors (Lipinski definition) is 8. The van der Waals surface area contributed by atoms with Crippen molar-refractivity contribution in [3.05, 3.63) is 12.7 Å². The largest absolute Gasteiger partial charge is 0.385 e. The molecule has 4 rings (SSSR count). The Morgan fingerprint density at radius 3 is 3.14 bits per heavy atom. The van der Waals surface area contributed by atoms with Crippen molar-refractivity contribution < 1.29 is 19.4 Å². The first kappa shape index (κ1) is 13.4. The summed E-state index contributed by atoms with van der Waals surface area (Å²) in [5, 5.41) is 10.4. The number of fused-ring (bicyclic) bond motifs is 3. The fraction of sp³-hybridized carbons (Fsp3) is 0.500. The average molecular weight is 306 g/mol. The van der Waals surface area contributed by atoms with Gasteiger partial charge in [0.2, 0.25) is 6.41 Å². The van der Waals surface area contributed by atoms with Gasteiger partial charge in [-0.15, -0.1) is 0 Å². The van der Waals surface area contributed by atoms with E-state index in [4.69, 9.17) is 15.2 Å². The van der Waals surface area contributed by atoms with Crippen molar-refractivity contribution in [1.29, 1.82) is 0 Å². The molecule has 10 heteroatoms. The van der Waals surface area contributed by atoms with Gasteiger partial charge in [-0.2, -0.15) is 0 Å². The van der Waals surface area contributed by atoms with E-state index in [1.54, 1.807) is 4.57 Å². The number of carbonyl (C=O) groups is 1. The molecule has 0 spiro atoms. The first-order chi connectivity index (χ1) is 10.6. The highest BCUT2D eigenvalue weighted by atomic mass is 16.7. The summed E-state index contributed by atoms with van der Waals surface area (Å²) in [6.07, 6.45) is 1.17. The van der Waals surface area contributed by atoms with Gasteiger partial charge in [0.25, 0.3) is 0 Å². The molecule has 4 heterocycles. The van der Waals surface area contributed by atoms with Crippen LogP contribution in [-0.2, 0) is 14.3 Å². The summed E-state index contributed by atoms with van der Waals surface area (Å²) in [5.41, 5.74) is 5.48. The second kappa shape index (κ2) is 4.35. The van der Waals surface area contributed by atoms with Crippen LogP contribution < -0.4 is 5.73 Å². The highest BCUT2D eigenvalue weighted by molar-refractivity contribution is 5.81. The van der Waals surface area contributed by atoms with E-state index in [1.807, 2.05) is 0 Å². The third-order valence-electron chi connectivity index (χ3n) is 4.28. The lowest BCUT2D eigenvalue weighted by atomic mass is 10.1. The molecule has 2 fully saturated rings. The van der Waals surface area contributed by atoms with Gasteiger partial charge in [-0.25, -0.2) is 15.0 Å². The Morgan fingerprint density at radius 2 is 2.36 bits per heavy atom. The smallest absolute Gasteiger partial charge is 0.211 e. The van der Waals surface area contributed by atoms with Crippen LogP contribution in [0.2, 0.25) is 0 Å². The van der Waals surface area contributed by atoms with Gasteiger partial charge < -0.3 is 25.2 Å². The molecule has 116 valence electrons. The average Bonchev–Trinajstić information content (AvgIpc) is 3.18. The lowest BCUT2D eigenvalue weighted by Crippen LogP contribution is -2.53. The summed E-state index contributed by atoms with van der Waals surface area (Å²) in [7, 11) is 1.54. The van der Waals surface area contributed by atoms with Crippen LogP contribution in [0.5, 0.6) is 0 Å². The molecule has 0 saturated carbocycles. The molecule has 0 radical (unpaired) electrons. The summed E-state index contributed by atoms with van der Waals surface area (Å²) < 4.78 is 13.2. The molecule has 0 unspecified atom stereocenters. The number of nitrogens with zero attached hydrogens (tertiary/aromatic N) is 5. The summed E-state index contributed by atoms with van der Waals surface area (Å²) in [6.45, 7) is 0.105. The highest BCUT2D eigenvalue weighted by Crippen LogP contribution is 2.46. The lowest BCUT2D eigenvalue weighted by molar-refractivity contribution is -0.222. The van der Waals surface area contributed by atoms with Crippen molar-refractivity contribution in [1.82, 2.24) is 24.4 Å². The zero-order valence-corrected chi connectivity index (χ0v) is 11.7. The number of carbonyl (C=O) groups excluding carboxylic acids is 1. The van der Waals surface area contributed by atoms with Gasteiger partial charge in [-0.05, 0) is 0 Å². The molecule has 1 amide bonds. The zero-order valence-electron chi connectivity index (χ0n) is 11.7. The number of aromatic nitrogens is 4. The van der Waals surface area contributed by atoms with E-state index in [-0.39, 0.29) is 12.4 Å². The number of ether oxygens (including phenoxy) is 2. The standard InChI is InChI=1S/C12H14N6O4/c1-17(5-19)12-2-21-7(8(12)20)11(22-12)18-4-16-6-9(13)14-3-15-10(6)18/h3-5,7-8,11,20H,2H2,1H3,(H2,13,14,15)/t7-,8-,11-,12-/m1/s1. The van der Waals surface area contributed by atoms with Gasteiger partial charge in [0, 0.05) is 7.05 Å². The van der Waals surface area contributed by atoms with E-state index in [1.165, 1.54) is 24.6 Å². The molecule has 2 saturated heterocycles. The molecule has 2 aliphatic rings. The van der Waals surface area contributed by atoms with Crippen molar-refractivity contribution in [2.24, 2.45) is 0 Å². The monoisotopic (exact) mass is 306 g/mol. The first-order valence-corrected chi connectivity index (χ1v) is 6.67. The Bertz CT molecular complexity index is 750. The van der Waals surface area contributed by atoms with E-state index in [9.17, 15) is 9.90 Å². The van der Waals surface area contributed by atoms with Crippen molar-refractivity contribution in [2.45, 2.75) is 24.2 Å². The zero-order chi connectivity index (χ0) is 15.5. The Kier molecular flexibility index (Phi) is 2.64. The molecule has 22 heavy (non-hydrogen) atoms. The van der Waals surface area contributed by atoms with Crippen molar-refractivity contribution in [3.63, 3.8) is 0 Å². The van der Waals surface area contributed by atoms with Crippen molar-refractivity contribution >= 4 is 23.4 Å². The third kappa shape index (κ3) is 1.48. The molecule has 3 N–H and O–H groups in total. The van der Waals surface area contributed by atoms with Crippen LogP contribution in [-0.4, -0.2) is 67.5 Å². The maximum absolute atomic E-state index is 11.1. The maximum atomic E-state index is 11.1. The second-order valence-electron chi connectivity index (χ2n) is 5.37. The fourth-order valence-electron chi connectivity index (χ4n) is 3.02. The molecule has 2 aliphatic heterocycles. The van der Waals surface area contributed by atoms with Gasteiger partial charge in [0.05, 0.1) is 12.9 Å². The number of anilines is 1. The minimum absolute atomic E-state index is 0.105. The van der Waals surface area contributed by atoms with Gasteiger partial charge in [-0.1, -0.05) is 0 Å².